The van der Waals surface area contributed by atoms with Gasteiger partial charge in [0.25, 0.3) is 0 Å². The van der Waals surface area contributed by atoms with E-state index in [1.54, 1.807) is 0 Å². The van der Waals surface area contributed by atoms with Gasteiger partial charge in [0.1, 0.15) is 0 Å². The second-order valence-electron chi connectivity index (χ2n) is 4.52. The Morgan fingerprint density at radius 1 is 1.28 bits per heavy atom. The van der Waals surface area contributed by atoms with E-state index in [-0.39, 0.29) is 12.2 Å². The van der Waals surface area contributed by atoms with Gasteiger partial charge in [0, 0.05) is 6.54 Å². The number of halogens is 3. The maximum absolute atomic E-state index is 13.4. The molecule has 3 N–H and O–H groups in total. The van der Waals surface area contributed by atoms with Crippen LogP contribution >= 0.6 is 0 Å². The number of carbonyl (C=O) groups excluding carboxylic acids is 1. The van der Waals surface area contributed by atoms with Gasteiger partial charge in [0.15, 0.2) is 17.5 Å². The summed E-state index contributed by atoms with van der Waals surface area (Å²) in [5.41, 5.74) is 4.47. The molecule has 0 radical (unpaired) electrons. The zero-order chi connectivity index (χ0) is 13.3. The quantitative estimate of drug-likeness (QED) is 0.816. The maximum Gasteiger partial charge on any atom is 0.231 e. The first-order valence-electron chi connectivity index (χ1n) is 5.65. The summed E-state index contributed by atoms with van der Waals surface area (Å²) in [4.78, 5) is 11.9. The van der Waals surface area contributed by atoms with Crippen LogP contribution < -0.4 is 11.1 Å². The van der Waals surface area contributed by atoms with Crippen molar-refractivity contribution >= 4 is 11.6 Å². The van der Waals surface area contributed by atoms with Crippen LogP contribution in [-0.4, -0.2) is 12.5 Å². The standard InChI is InChI=1S/C12H13F3N2O/c13-7-2-3-8(10(15)9(7)14)17-11(18)12(6-16)4-1-5-12/h2-3H,1,4-6,16H2,(H,17,18). The van der Waals surface area contributed by atoms with Crippen LogP contribution in [0.5, 0.6) is 0 Å². The Morgan fingerprint density at radius 3 is 2.44 bits per heavy atom. The summed E-state index contributed by atoms with van der Waals surface area (Å²) < 4.78 is 39.1. The Balaban J connectivity index is 2.20. The number of amides is 1. The number of carbonyl (C=O) groups is 1. The molecule has 0 saturated heterocycles. The molecule has 0 spiro atoms. The van der Waals surface area contributed by atoms with Crippen molar-refractivity contribution in [3.8, 4) is 0 Å². The molecule has 2 rings (SSSR count). The Kier molecular flexibility index (Phi) is 3.30. The number of benzene rings is 1. The highest BCUT2D eigenvalue weighted by Gasteiger charge is 2.43. The number of rotatable bonds is 3. The zero-order valence-corrected chi connectivity index (χ0v) is 9.60. The highest BCUT2D eigenvalue weighted by Crippen LogP contribution is 2.41. The van der Waals surface area contributed by atoms with Crippen LogP contribution in [-0.2, 0) is 4.79 Å². The predicted octanol–water partition coefficient (Wildman–Crippen LogP) is 2.17. The van der Waals surface area contributed by atoms with Crippen molar-refractivity contribution in [3.05, 3.63) is 29.6 Å². The summed E-state index contributed by atoms with van der Waals surface area (Å²) in [5, 5.41) is 2.27. The first kappa shape index (κ1) is 12.9. The number of nitrogens with one attached hydrogen (secondary N) is 1. The fraction of sp³-hybridized carbons (Fsp3) is 0.417. The monoisotopic (exact) mass is 258 g/mol. The summed E-state index contributed by atoms with van der Waals surface area (Å²) in [6.07, 6.45) is 2.13. The lowest BCUT2D eigenvalue weighted by Gasteiger charge is -2.39. The molecule has 1 aromatic carbocycles. The normalized spacial score (nSPS) is 17.1. The Bertz CT molecular complexity index is 481. The van der Waals surface area contributed by atoms with Crippen molar-refractivity contribution in [1.82, 2.24) is 0 Å². The van der Waals surface area contributed by atoms with Crippen molar-refractivity contribution in [2.75, 3.05) is 11.9 Å². The van der Waals surface area contributed by atoms with Crippen molar-refractivity contribution in [1.29, 1.82) is 0 Å². The van der Waals surface area contributed by atoms with Gasteiger partial charge in [-0.05, 0) is 25.0 Å². The van der Waals surface area contributed by atoms with Crippen LogP contribution in [0.2, 0.25) is 0 Å². The van der Waals surface area contributed by atoms with E-state index in [4.69, 9.17) is 5.73 Å². The summed E-state index contributed by atoms with van der Waals surface area (Å²) in [6, 6.07) is 1.76. The summed E-state index contributed by atoms with van der Waals surface area (Å²) in [7, 11) is 0. The molecule has 0 heterocycles. The Hall–Kier alpha value is -1.56. The fourth-order valence-electron chi connectivity index (χ4n) is 2.00. The molecule has 18 heavy (non-hydrogen) atoms. The number of nitrogens with two attached hydrogens (primary N) is 1. The summed E-state index contributed by atoms with van der Waals surface area (Å²) in [6.45, 7) is 0.157. The minimum absolute atomic E-state index is 0.157. The van der Waals surface area contributed by atoms with Crippen LogP contribution in [0.25, 0.3) is 0 Å². The number of anilines is 1. The highest BCUT2D eigenvalue weighted by atomic mass is 19.2. The second kappa shape index (κ2) is 4.61. The minimum Gasteiger partial charge on any atom is -0.329 e. The van der Waals surface area contributed by atoms with Crippen LogP contribution in [0.3, 0.4) is 0 Å². The first-order chi connectivity index (χ1) is 8.50. The third-order valence-corrected chi connectivity index (χ3v) is 3.47. The molecular weight excluding hydrogens is 245 g/mol. The molecule has 3 nitrogen and oxygen atoms in total. The molecule has 0 unspecified atom stereocenters. The number of hydrogen-bond acceptors (Lipinski definition) is 2. The van der Waals surface area contributed by atoms with Gasteiger partial charge in [0.05, 0.1) is 11.1 Å². The van der Waals surface area contributed by atoms with Gasteiger partial charge in [-0.1, -0.05) is 6.42 Å². The van der Waals surface area contributed by atoms with E-state index in [1.807, 2.05) is 0 Å². The van der Waals surface area contributed by atoms with Crippen molar-refractivity contribution in [2.24, 2.45) is 11.1 Å². The largest absolute Gasteiger partial charge is 0.329 e. The minimum atomic E-state index is -1.59. The van der Waals surface area contributed by atoms with Gasteiger partial charge in [-0.3, -0.25) is 4.79 Å². The second-order valence-corrected chi connectivity index (χ2v) is 4.52. The molecular formula is C12H13F3N2O. The average molecular weight is 258 g/mol. The number of hydrogen-bond donors (Lipinski definition) is 2. The van der Waals surface area contributed by atoms with E-state index in [9.17, 15) is 18.0 Å². The van der Waals surface area contributed by atoms with Gasteiger partial charge in [-0.15, -0.1) is 0 Å². The van der Waals surface area contributed by atoms with Gasteiger partial charge < -0.3 is 11.1 Å². The lowest BCUT2D eigenvalue weighted by Crippen LogP contribution is -2.47. The van der Waals surface area contributed by atoms with E-state index in [1.165, 1.54) is 0 Å². The smallest absolute Gasteiger partial charge is 0.231 e. The molecule has 0 aliphatic heterocycles. The highest BCUT2D eigenvalue weighted by molar-refractivity contribution is 5.96. The summed E-state index contributed by atoms with van der Waals surface area (Å²) in [5.74, 6) is -4.72. The van der Waals surface area contributed by atoms with Crippen LogP contribution in [0, 0.1) is 22.9 Å². The molecule has 1 saturated carbocycles. The van der Waals surface area contributed by atoms with Crippen molar-refractivity contribution in [3.63, 3.8) is 0 Å². The van der Waals surface area contributed by atoms with E-state index in [2.05, 4.69) is 5.32 Å². The lowest BCUT2D eigenvalue weighted by molar-refractivity contribution is -0.129. The molecule has 1 fully saturated rings. The average Bonchev–Trinajstić information content (AvgIpc) is 2.29. The lowest BCUT2D eigenvalue weighted by atomic mass is 9.68. The first-order valence-corrected chi connectivity index (χ1v) is 5.65. The van der Waals surface area contributed by atoms with E-state index < -0.39 is 28.8 Å². The van der Waals surface area contributed by atoms with E-state index in [0.29, 0.717) is 12.8 Å². The SMILES string of the molecule is NCC1(C(=O)Nc2ccc(F)c(F)c2F)CCC1. The third kappa shape index (κ3) is 1.96. The predicted molar refractivity (Wildman–Crippen MR) is 60.3 cm³/mol. The van der Waals surface area contributed by atoms with Crippen molar-refractivity contribution < 1.29 is 18.0 Å². The molecule has 0 bridgehead atoms. The molecule has 1 aromatic rings. The topological polar surface area (TPSA) is 55.1 Å². The fourth-order valence-corrected chi connectivity index (χ4v) is 2.00. The van der Waals surface area contributed by atoms with Crippen molar-refractivity contribution in [2.45, 2.75) is 19.3 Å². The molecule has 0 atom stereocenters. The maximum atomic E-state index is 13.4. The van der Waals surface area contributed by atoms with Crippen LogP contribution in [0.4, 0.5) is 18.9 Å². The third-order valence-electron chi connectivity index (χ3n) is 3.47. The molecule has 98 valence electrons. The molecule has 0 aromatic heterocycles. The van der Waals surface area contributed by atoms with Crippen LogP contribution in [0.15, 0.2) is 12.1 Å². The molecule has 1 aliphatic carbocycles. The van der Waals surface area contributed by atoms with E-state index >= 15 is 0 Å². The Morgan fingerprint density at radius 2 is 1.94 bits per heavy atom. The summed E-state index contributed by atoms with van der Waals surface area (Å²) >= 11 is 0. The van der Waals surface area contributed by atoms with E-state index in [0.717, 1.165) is 18.6 Å². The Labute approximate surface area is 102 Å². The van der Waals surface area contributed by atoms with Crippen LogP contribution in [0.1, 0.15) is 19.3 Å². The van der Waals surface area contributed by atoms with Gasteiger partial charge in [0.2, 0.25) is 5.91 Å². The molecule has 6 heteroatoms. The van der Waals surface area contributed by atoms with Gasteiger partial charge in [-0.2, -0.15) is 0 Å². The molecule has 1 aliphatic rings. The van der Waals surface area contributed by atoms with Gasteiger partial charge in [-0.25, -0.2) is 13.2 Å². The molecule has 1 amide bonds. The zero-order valence-electron chi connectivity index (χ0n) is 9.60. The van der Waals surface area contributed by atoms with Gasteiger partial charge >= 0.3 is 0 Å².